The van der Waals surface area contributed by atoms with E-state index in [0.717, 1.165) is 6.42 Å². The van der Waals surface area contributed by atoms with E-state index in [0.29, 0.717) is 11.3 Å². The maximum atomic E-state index is 11.8. The van der Waals surface area contributed by atoms with E-state index in [1.54, 1.807) is 24.3 Å². The van der Waals surface area contributed by atoms with E-state index >= 15 is 0 Å². The van der Waals surface area contributed by atoms with Gasteiger partial charge in [0.2, 0.25) is 0 Å². The second-order valence-electron chi connectivity index (χ2n) is 4.50. The van der Waals surface area contributed by atoms with Gasteiger partial charge in [-0.3, -0.25) is 0 Å². The van der Waals surface area contributed by atoms with Crippen molar-refractivity contribution in [3.05, 3.63) is 29.8 Å². The lowest BCUT2D eigenvalue weighted by Crippen LogP contribution is -2.43. The number of anilines is 1. The summed E-state index contributed by atoms with van der Waals surface area (Å²) in [7, 11) is 0. The summed E-state index contributed by atoms with van der Waals surface area (Å²) >= 11 is 0. The lowest BCUT2D eigenvalue weighted by Gasteiger charge is -2.22. The van der Waals surface area contributed by atoms with Crippen LogP contribution in [0, 0.1) is 18.3 Å². The maximum absolute atomic E-state index is 11.8. The summed E-state index contributed by atoms with van der Waals surface area (Å²) in [6, 6.07) is 6.46. The zero-order valence-electron chi connectivity index (χ0n) is 11.3. The van der Waals surface area contributed by atoms with Gasteiger partial charge in [0, 0.05) is 11.3 Å². The van der Waals surface area contributed by atoms with Gasteiger partial charge in [-0.25, -0.2) is 4.79 Å². The van der Waals surface area contributed by atoms with E-state index in [2.05, 4.69) is 16.6 Å². The molecule has 0 aliphatic rings. The van der Waals surface area contributed by atoms with E-state index in [-0.39, 0.29) is 24.6 Å². The van der Waals surface area contributed by atoms with Crippen LogP contribution in [0.15, 0.2) is 24.3 Å². The fourth-order valence-corrected chi connectivity index (χ4v) is 1.67. The van der Waals surface area contributed by atoms with Gasteiger partial charge in [-0.2, -0.15) is 0 Å². The van der Waals surface area contributed by atoms with Crippen LogP contribution in [0.5, 0.6) is 0 Å². The Morgan fingerprint density at radius 3 is 2.84 bits per heavy atom. The molecular weight excluding hydrogens is 240 g/mol. The van der Waals surface area contributed by atoms with Crippen LogP contribution in [0.1, 0.15) is 25.8 Å². The van der Waals surface area contributed by atoms with E-state index in [9.17, 15) is 9.90 Å². The molecule has 1 rings (SSSR count). The third-order valence-electron chi connectivity index (χ3n) is 3.13. The predicted octanol–water partition coefficient (Wildman–Crippen LogP) is 2.20. The first kappa shape index (κ1) is 15.1. The summed E-state index contributed by atoms with van der Waals surface area (Å²) in [5.74, 6) is 2.72. The SMILES string of the molecule is C#Cc1cccc(NC(=O)N[C@H](CO)[C@H](C)CC)c1. The molecule has 0 heterocycles. The predicted molar refractivity (Wildman–Crippen MR) is 76.9 cm³/mol. The van der Waals surface area contributed by atoms with Crippen LogP contribution in [0.3, 0.4) is 0 Å². The minimum atomic E-state index is -0.339. The smallest absolute Gasteiger partial charge is 0.319 e. The zero-order valence-corrected chi connectivity index (χ0v) is 11.3. The van der Waals surface area contributed by atoms with E-state index in [1.165, 1.54) is 0 Å². The molecule has 102 valence electrons. The number of nitrogens with one attached hydrogen (secondary N) is 2. The fraction of sp³-hybridized carbons (Fsp3) is 0.400. The summed E-state index contributed by atoms with van der Waals surface area (Å²) < 4.78 is 0. The monoisotopic (exact) mass is 260 g/mol. The number of benzene rings is 1. The number of hydrogen-bond acceptors (Lipinski definition) is 2. The van der Waals surface area contributed by atoms with Crippen molar-refractivity contribution < 1.29 is 9.90 Å². The Labute approximate surface area is 114 Å². The molecule has 0 saturated heterocycles. The highest BCUT2D eigenvalue weighted by Gasteiger charge is 2.17. The van der Waals surface area contributed by atoms with Crippen LogP contribution in [0.25, 0.3) is 0 Å². The van der Waals surface area contributed by atoms with Crippen molar-refractivity contribution in [2.45, 2.75) is 26.3 Å². The first-order chi connectivity index (χ1) is 9.10. The van der Waals surface area contributed by atoms with Crippen molar-refractivity contribution >= 4 is 11.7 Å². The molecule has 0 aromatic heterocycles. The highest BCUT2D eigenvalue weighted by Crippen LogP contribution is 2.11. The van der Waals surface area contributed by atoms with Gasteiger partial charge in [0.25, 0.3) is 0 Å². The van der Waals surface area contributed by atoms with E-state index < -0.39 is 0 Å². The minimum absolute atomic E-state index is 0.0766. The maximum Gasteiger partial charge on any atom is 0.319 e. The van der Waals surface area contributed by atoms with Crippen molar-refractivity contribution in [3.63, 3.8) is 0 Å². The van der Waals surface area contributed by atoms with Crippen LogP contribution in [0.4, 0.5) is 10.5 Å². The Kier molecular flexibility index (Phi) is 5.91. The Balaban J connectivity index is 2.61. The molecule has 4 nitrogen and oxygen atoms in total. The van der Waals surface area contributed by atoms with Gasteiger partial charge in [-0.1, -0.05) is 32.3 Å². The van der Waals surface area contributed by atoms with Gasteiger partial charge >= 0.3 is 6.03 Å². The third kappa shape index (κ3) is 4.65. The second-order valence-corrected chi connectivity index (χ2v) is 4.50. The van der Waals surface area contributed by atoms with Gasteiger partial charge in [0.15, 0.2) is 0 Å². The zero-order chi connectivity index (χ0) is 14.3. The molecular formula is C15H20N2O2. The molecule has 2 amide bonds. The first-order valence-electron chi connectivity index (χ1n) is 6.35. The van der Waals surface area contributed by atoms with Crippen molar-refractivity contribution in [3.8, 4) is 12.3 Å². The largest absolute Gasteiger partial charge is 0.394 e. The van der Waals surface area contributed by atoms with Gasteiger partial charge in [-0.15, -0.1) is 6.42 Å². The first-order valence-corrected chi connectivity index (χ1v) is 6.35. The van der Waals surface area contributed by atoms with Crippen molar-refractivity contribution in [2.24, 2.45) is 5.92 Å². The highest BCUT2D eigenvalue weighted by molar-refractivity contribution is 5.89. The summed E-state index contributed by atoms with van der Waals surface area (Å²) in [5.41, 5.74) is 1.34. The second kappa shape index (κ2) is 7.45. The van der Waals surface area contributed by atoms with Gasteiger partial charge in [-0.05, 0) is 24.1 Å². The van der Waals surface area contributed by atoms with Crippen molar-refractivity contribution in [1.82, 2.24) is 5.32 Å². The molecule has 0 radical (unpaired) electrons. The normalized spacial score (nSPS) is 13.2. The summed E-state index contributed by atoms with van der Waals surface area (Å²) in [6.45, 7) is 3.93. The number of amides is 2. The van der Waals surface area contributed by atoms with Crippen LogP contribution < -0.4 is 10.6 Å². The molecule has 1 aromatic rings. The molecule has 0 saturated carbocycles. The number of carbonyl (C=O) groups is 1. The molecule has 1 aromatic carbocycles. The third-order valence-corrected chi connectivity index (χ3v) is 3.13. The van der Waals surface area contributed by atoms with Gasteiger partial charge in [0.05, 0.1) is 12.6 Å². The number of rotatable bonds is 5. The van der Waals surface area contributed by atoms with Gasteiger partial charge < -0.3 is 15.7 Å². The summed E-state index contributed by atoms with van der Waals surface area (Å²) in [6.07, 6.45) is 6.19. The van der Waals surface area contributed by atoms with Crippen LogP contribution in [0.2, 0.25) is 0 Å². The fourth-order valence-electron chi connectivity index (χ4n) is 1.67. The number of terminal acetylenes is 1. The molecule has 0 aliphatic carbocycles. The average Bonchev–Trinajstić information content (AvgIpc) is 2.44. The number of aliphatic hydroxyl groups excluding tert-OH is 1. The minimum Gasteiger partial charge on any atom is -0.394 e. The van der Waals surface area contributed by atoms with Crippen LogP contribution in [-0.4, -0.2) is 23.8 Å². The van der Waals surface area contributed by atoms with Gasteiger partial charge in [0.1, 0.15) is 0 Å². The lowest BCUT2D eigenvalue weighted by atomic mass is 10.0. The topological polar surface area (TPSA) is 61.4 Å². The molecule has 3 N–H and O–H groups in total. The highest BCUT2D eigenvalue weighted by atomic mass is 16.3. The van der Waals surface area contributed by atoms with Crippen molar-refractivity contribution in [2.75, 3.05) is 11.9 Å². The Bertz CT molecular complexity index is 465. The van der Waals surface area contributed by atoms with E-state index in [4.69, 9.17) is 6.42 Å². The molecule has 4 heteroatoms. The quantitative estimate of drug-likeness (QED) is 0.711. The number of carbonyl (C=O) groups excluding carboxylic acids is 1. The van der Waals surface area contributed by atoms with Crippen LogP contribution >= 0.6 is 0 Å². The average molecular weight is 260 g/mol. The summed E-state index contributed by atoms with van der Waals surface area (Å²) in [4.78, 5) is 11.8. The van der Waals surface area contributed by atoms with Crippen LogP contribution in [-0.2, 0) is 0 Å². The number of urea groups is 1. The molecule has 0 fully saturated rings. The Hall–Kier alpha value is -1.99. The molecule has 19 heavy (non-hydrogen) atoms. The summed E-state index contributed by atoms with van der Waals surface area (Å²) in [5, 5.41) is 14.7. The molecule has 0 unspecified atom stereocenters. The molecule has 0 spiro atoms. The number of hydrogen-bond donors (Lipinski definition) is 3. The Morgan fingerprint density at radius 1 is 1.53 bits per heavy atom. The molecule has 0 bridgehead atoms. The van der Waals surface area contributed by atoms with Crippen molar-refractivity contribution in [1.29, 1.82) is 0 Å². The molecule has 0 aliphatic heterocycles. The standard InChI is InChI=1S/C15H20N2O2/c1-4-11(3)14(10-18)17-15(19)16-13-8-6-7-12(5-2)9-13/h2,6-9,11,14,18H,4,10H2,1,3H3,(H2,16,17,19)/t11-,14-/m1/s1. The Morgan fingerprint density at radius 2 is 2.26 bits per heavy atom. The molecule has 2 atom stereocenters. The lowest BCUT2D eigenvalue weighted by molar-refractivity contribution is 0.198. The number of aliphatic hydroxyl groups is 1. The van der Waals surface area contributed by atoms with E-state index in [1.807, 2.05) is 13.8 Å².